The van der Waals surface area contributed by atoms with Crippen molar-refractivity contribution in [3.8, 4) is 11.5 Å². The van der Waals surface area contributed by atoms with Gasteiger partial charge in [-0.1, -0.05) is 42.5 Å². The molecule has 0 spiro atoms. The number of hydrogen-bond acceptors (Lipinski definition) is 5. The molecule has 2 unspecified atom stereocenters. The van der Waals surface area contributed by atoms with E-state index in [4.69, 9.17) is 9.47 Å². The minimum absolute atomic E-state index is 0.0454. The number of hydrogen-bond donors (Lipinski definition) is 1. The van der Waals surface area contributed by atoms with Crippen LogP contribution in [0.25, 0.3) is 5.76 Å². The molecule has 0 radical (unpaired) electrons. The normalized spacial score (nSPS) is 21.1. The number of para-hydroxylation sites is 2. The number of anilines is 1. The van der Waals surface area contributed by atoms with Gasteiger partial charge in [0.1, 0.15) is 23.4 Å². The zero-order valence-electron chi connectivity index (χ0n) is 18.3. The van der Waals surface area contributed by atoms with Crippen LogP contribution in [0.5, 0.6) is 11.5 Å². The van der Waals surface area contributed by atoms with Crippen LogP contribution in [0.15, 0.2) is 78.4 Å². The predicted molar refractivity (Wildman–Crippen MR) is 124 cm³/mol. The van der Waals surface area contributed by atoms with Crippen molar-refractivity contribution in [1.82, 2.24) is 0 Å². The first-order chi connectivity index (χ1) is 16.0. The number of ketones is 1. The summed E-state index contributed by atoms with van der Waals surface area (Å²) in [4.78, 5) is 28.0. The molecule has 3 aromatic rings. The summed E-state index contributed by atoms with van der Waals surface area (Å²) in [6.45, 7) is 1.98. The van der Waals surface area contributed by atoms with E-state index < -0.39 is 17.7 Å². The average Bonchev–Trinajstić information content (AvgIpc) is 3.34. The zero-order valence-corrected chi connectivity index (χ0v) is 18.3. The van der Waals surface area contributed by atoms with Crippen molar-refractivity contribution in [3.05, 3.63) is 95.1 Å². The summed E-state index contributed by atoms with van der Waals surface area (Å²) in [6, 6.07) is 20.8. The van der Waals surface area contributed by atoms with Crippen molar-refractivity contribution >= 4 is 23.1 Å². The Morgan fingerprint density at radius 3 is 2.52 bits per heavy atom. The molecule has 0 aliphatic carbocycles. The van der Waals surface area contributed by atoms with E-state index >= 15 is 0 Å². The number of amides is 1. The molecule has 1 saturated heterocycles. The highest BCUT2D eigenvalue weighted by Crippen LogP contribution is 2.45. The van der Waals surface area contributed by atoms with Crippen LogP contribution in [-0.2, 0) is 16.0 Å². The Morgan fingerprint density at radius 1 is 1.03 bits per heavy atom. The van der Waals surface area contributed by atoms with E-state index in [1.54, 1.807) is 36.4 Å². The fourth-order valence-corrected chi connectivity index (χ4v) is 4.59. The van der Waals surface area contributed by atoms with Gasteiger partial charge in [-0.25, -0.2) is 0 Å². The number of fused-ring (bicyclic) bond motifs is 1. The third-order valence-electron chi connectivity index (χ3n) is 6.07. The molecule has 1 N–H and O–H groups in total. The van der Waals surface area contributed by atoms with Crippen LogP contribution in [-0.4, -0.2) is 30.0 Å². The number of nitrogens with zero attached hydrogens (tertiary/aromatic N) is 1. The van der Waals surface area contributed by atoms with Crippen LogP contribution in [0.2, 0.25) is 0 Å². The fraction of sp³-hybridized carbons (Fsp3) is 0.185. The number of benzene rings is 3. The summed E-state index contributed by atoms with van der Waals surface area (Å²) in [5, 5.41) is 11.3. The Balaban J connectivity index is 1.70. The smallest absolute Gasteiger partial charge is 0.300 e. The maximum Gasteiger partial charge on any atom is 0.300 e. The van der Waals surface area contributed by atoms with E-state index in [0.29, 0.717) is 29.0 Å². The highest BCUT2D eigenvalue weighted by molar-refractivity contribution is 6.51. The van der Waals surface area contributed by atoms with Crippen LogP contribution in [0, 0.1) is 0 Å². The van der Waals surface area contributed by atoms with Gasteiger partial charge in [-0.15, -0.1) is 0 Å². The molecule has 2 aliphatic heterocycles. The van der Waals surface area contributed by atoms with Gasteiger partial charge in [0, 0.05) is 12.0 Å². The van der Waals surface area contributed by atoms with Crippen molar-refractivity contribution in [2.24, 2.45) is 0 Å². The second kappa shape index (κ2) is 8.13. The first-order valence-electron chi connectivity index (χ1n) is 10.8. The third kappa shape index (κ3) is 3.44. The van der Waals surface area contributed by atoms with E-state index in [-0.39, 0.29) is 17.4 Å². The molecule has 0 saturated carbocycles. The molecule has 33 heavy (non-hydrogen) atoms. The lowest BCUT2D eigenvalue weighted by atomic mass is 9.94. The SMILES string of the molecule is COc1ccccc1N1C(=O)C(=O)/C(=C(\O)c2ccc3c(c2)CC(C)O3)C1c1ccccc1. The summed E-state index contributed by atoms with van der Waals surface area (Å²) in [6.07, 6.45) is 0.770. The molecule has 2 heterocycles. The van der Waals surface area contributed by atoms with Crippen LogP contribution >= 0.6 is 0 Å². The number of aliphatic hydroxyl groups excluding tert-OH is 1. The summed E-state index contributed by atoms with van der Waals surface area (Å²) in [7, 11) is 1.51. The van der Waals surface area contributed by atoms with E-state index in [1.165, 1.54) is 12.0 Å². The standard InChI is InChI=1S/C27H23NO5/c1-16-14-19-15-18(12-13-21(19)33-16)25(29)23-24(17-8-4-3-5-9-17)28(27(31)26(23)30)20-10-6-7-11-22(20)32-2/h3-13,15-16,24,29H,14H2,1-2H3/b25-23-. The van der Waals surface area contributed by atoms with Crippen molar-refractivity contribution in [3.63, 3.8) is 0 Å². The summed E-state index contributed by atoms with van der Waals surface area (Å²) in [5.74, 6) is -0.426. The number of Topliss-reactive ketones (excluding diaryl/α,β-unsaturated/α-hetero) is 1. The molecule has 0 aromatic heterocycles. The molecular formula is C27H23NO5. The summed E-state index contributed by atoms with van der Waals surface area (Å²) in [5.41, 5.74) is 2.66. The Morgan fingerprint density at radius 2 is 1.76 bits per heavy atom. The molecule has 1 amide bonds. The van der Waals surface area contributed by atoms with Gasteiger partial charge in [-0.2, -0.15) is 0 Å². The maximum atomic E-state index is 13.3. The second-order valence-electron chi connectivity index (χ2n) is 8.21. The molecule has 6 nitrogen and oxygen atoms in total. The van der Waals surface area contributed by atoms with Gasteiger partial charge in [0.05, 0.1) is 24.4 Å². The molecule has 5 rings (SSSR count). The first-order valence-corrected chi connectivity index (χ1v) is 10.8. The number of methoxy groups -OCH3 is 1. The molecule has 2 atom stereocenters. The van der Waals surface area contributed by atoms with Crippen molar-refractivity contribution in [2.75, 3.05) is 12.0 Å². The van der Waals surface area contributed by atoms with Crippen LogP contribution in [0.1, 0.15) is 29.7 Å². The largest absolute Gasteiger partial charge is 0.507 e. The van der Waals surface area contributed by atoms with E-state index in [0.717, 1.165) is 11.3 Å². The van der Waals surface area contributed by atoms with Gasteiger partial charge in [-0.05, 0) is 48.4 Å². The van der Waals surface area contributed by atoms with Gasteiger partial charge in [0.2, 0.25) is 0 Å². The molecule has 2 aliphatic rings. The fourth-order valence-electron chi connectivity index (χ4n) is 4.59. The summed E-state index contributed by atoms with van der Waals surface area (Å²) < 4.78 is 11.2. The number of aliphatic hydroxyl groups is 1. The Hall–Kier alpha value is -4.06. The highest BCUT2D eigenvalue weighted by atomic mass is 16.5. The lowest BCUT2D eigenvalue weighted by molar-refractivity contribution is -0.132. The lowest BCUT2D eigenvalue weighted by Crippen LogP contribution is -2.29. The van der Waals surface area contributed by atoms with Gasteiger partial charge >= 0.3 is 0 Å². The average molecular weight is 441 g/mol. The molecule has 1 fully saturated rings. The molecule has 3 aromatic carbocycles. The topological polar surface area (TPSA) is 76.1 Å². The van der Waals surface area contributed by atoms with Gasteiger partial charge in [-0.3, -0.25) is 14.5 Å². The Labute approximate surface area is 191 Å². The number of rotatable bonds is 4. The van der Waals surface area contributed by atoms with Gasteiger partial charge < -0.3 is 14.6 Å². The number of carbonyl (C=O) groups is 2. The second-order valence-corrected chi connectivity index (χ2v) is 8.21. The van der Waals surface area contributed by atoms with Gasteiger partial charge in [0.25, 0.3) is 11.7 Å². The lowest BCUT2D eigenvalue weighted by Gasteiger charge is -2.26. The molecule has 6 heteroatoms. The zero-order chi connectivity index (χ0) is 23.1. The van der Waals surface area contributed by atoms with Crippen molar-refractivity contribution in [1.29, 1.82) is 0 Å². The summed E-state index contributed by atoms with van der Waals surface area (Å²) >= 11 is 0. The Bertz CT molecular complexity index is 1280. The third-order valence-corrected chi connectivity index (χ3v) is 6.07. The van der Waals surface area contributed by atoms with Crippen LogP contribution < -0.4 is 14.4 Å². The molecule has 0 bridgehead atoms. The maximum absolute atomic E-state index is 13.3. The van der Waals surface area contributed by atoms with E-state index in [2.05, 4.69) is 0 Å². The minimum atomic E-state index is -0.800. The van der Waals surface area contributed by atoms with Crippen molar-refractivity contribution in [2.45, 2.75) is 25.5 Å². The first kappa shape index (κ1) is 20.8. The quantitative estimate of drug-likeness (QED) is 0.363. The number of ether oxygens (including phenoxy) is 2. The molecule has 166 valence electrons. The van der Waals surface area contributed by atoms with Crippen LogP contribution in [0.4, 0.5) is 5.69 Å². The molecular weight excluding hydrogens is 418 g/mol. The number of carbonyl (C=O) groups excluding carboxylic acids is 2. The van der Waals surface area contributed by atoms with E-state index in [1.807, 2.05) is 43.3 Å². The van der Waals surface area contributed by atoms with Crippen molar-refractivity contribution < 1.29 is 24.2 Å². The highest BCUT2D eigenvalue weighted by Gasteiger charge is 2.47. The predicted octanol–water partition coefficient (Wildman–Crippen LogP) is 4.64. The Kier molecular flexibility index (Phi) is 5.13. The monoisotopic (exact) mass is 441 g/mol. The van der Waals surface area contributed by atoms with Crippen LogP contribution in [0.3, 0.4) is 0 Å². The van der Waals surface area contributed by atoms with Gasteiger partial charge in [0.15, 0.2) is 0 Å². The van der Waals surface area contributed by atoms with E-state index in [9.17, 15) is 14.7 Å². The minimum Gasteiger partial charge on any atom is -0.507 e.